The number of aldehydes is 1. The highest BCUT2D eigenvalue weighted by molar-refractivity contribution is 9.10. The fraction of sp³-hybridized carbons (Fsp3) is 0.125. The molecule has 1 aromatic heterocycles. The van der Waals surface area contributed by atoms with Crippen molar-refractivity contribution in [3.63, 3.8) is 0 Å². The Kier molecular flexibility index (Phi) is 4.84. The number of carbonyl (C=O) groups excluding carboxylic acids is 1. The number of fused-ring (bicyclic) bond motifs is 1. The number of halogens is 3. The van der Waals surface area contributed by atoms with Gasteiger partial charge in [-0.3, -0.25) is 0 Å². The third-order valence-corrected chi connectivity index (χ3v) is 4.37. The van der Waals surface area contributed by atoms with Gasteiger partial charge in [0.2, 0.25) is 0 Å². The largest absolute Gasteiger partial charge is 0.369 e. The predicted octanol–water partition coefficient (Wildman–Crippen LogP) is 4.75. The van der Waals surface area contributed by atoms with Crippen LogP contribution in [0.2, 0.25) is 5.02 Å². The molecule has 1 unspecified atom stereocenters. The van der Waals surface area contributed by atoms with Gasteiger partial charge in [0.15, 0.2) is 12.1 Å². The maximum atomic E-state index is 14.9. The van der Waals surface area contributed by atoms with Crippen LogP contribution in [0.25, 0.3) is 11.0 Å². The van der Waals surface area contributed by atoms with E-state index in [0.717, 1.165) is 4.47 Å². The average Bonchev–Trinajstić information content (AvgIpc) is 3.02. The van der Waals surface area contributed by atoms with Gasteiger partial charge in [-0.2, -0.15) is 0 Å². The second-order valence-electron chi connectivity index (χ2n) is 5.00. The average molecular weight is 413 g/mol. The van der Waals surface area contributed by atoms with Gasteiger partial charge in [-0.15, -0.1) is 0 Å². The van der Waals surface area contributed by atoms with Crippen molar-refractivity contribution < 1.29 is 13.9 Å². The van der Waals surface area contributed by atoms with E-state index in [2.05, 4.69) is 31.2 Å². The first kappa shape index (κ1) is 16.9. The van der Waals surface area contributed by atoms with Gasteiger partial charge in [-0.05, 0) is 24.3 Å². The molecule has 0 saturated heterocycles. The van der Waals surface area contributed by atoms with Gasteiger partial charge in [-0.25, -0.2) is 9.37 Å². The first-order valence-electron chi connectivity index (χ1n) is 6.90. The van der Waals surface area contributed by atoms with E-state index in [0.29, 0.717) is 28.1 Å². The number of carbonyl (C=O) groups is 1. The van der Waals surface area contributed by atoms with Crippen molar-refractivity contribution >= 4 is 56.2 Å². The number of H-pyrrole nitrogens is 1. The van der Waals surface area contributed by atoms with E-state index in [-0.39, 0.29) is 11.2 Å². The molecule has 0 aliphatic carbocycles. The molecule has 2 N–H and O–H groups in total. The Morgan fingerprint density at radius 2 is 2.25 bits per heavy atom. The van der Waals surface area contributed by atoms with Gasteiger partial charge in [0.25, 0.3) is 0 Å². The summed E-state index contributed by atoms with van der Waals surface area (Å²) in [6.07, 6.45) is 1.06. The number of imidazole rings is 1. The summed E-state index contributed by atoms with van der Waals surface area (Å²) in [5, 5.41) is 3.35. The molecule has 2 aromatic carbocycles. The van der Waals surface area contributed by atoms with Crippen molar-refractivity contribution in [2.24, 2.45) is 0 Å². The van der Waals surface area contributed by atoms with Crippen LogP contribution in [0.15, 0.2) is 35.1 Å². The number of anilines is 2. The summed E-state index contributed by atoms with van der Waals surface area (Å²) in [5.41, 5.74) is 1.57. The van der Waals surface area contributed by atoms with Crippen LogP contribution in [-0.4, -0.2) is 23.4 Å². The third kappa shape index (κ3) is 3.02. The summed E-state index contributed by atoms with van der Waals surface area (Å²) in [5.74, 6) is -0.591. The quantitative estimate of drug-likeness (QED) is 0.594. The minimum Gasteiger partial charge on any atom is -0.369 e. The van der Waals surface area contributed by atoms with Crippen molar-refractivity contribution in [1.29, 1.82) is 0 Å². The van der Waals surface area contributed by atoms with Gasteiger partial charge in [0.1, 0.15) is 11.6 Å². The molecular formula is C16H12BrClFN3O2. The van der Waals surface area contributed by atoms with Crippen molar-refractivity contribution in [1.82, 2.24) is 9.97 Å². The van der Waals surface area contributed by atoms with Crippen LogP contribution in [0.5, 0.6) is 0 Å². The maximum Gasteiger partial charge on any atom is 0.174 e. The lowest BCUT2D eigenvalue weighted by atomic mass is 10.1. The molecule has 0 saturated carbocycles. The molecule has 0 radical (unpaired) electrons. The van der Waals surface area contributed by atoms with Crippen LogP contribution in [0.1, 0.15) is 11.7 Å². The smallest absolute Gasteiger partial charge is 0.174 e. The number of rotatable bonds is 5. The topological polar surface area (TPSA) is 67.0 Å². The van der Waals surface area contributed by atoms with Crippen molar-refractivity contribution in [3.05, 3.63) is 51.5 Å². The lowest BCUT2D eigenvalue weighted by molar-refractivity contribution is -0.116. The Labute approximate surface area is 150 Å². The van der Waals surface area contributed by atoms with E-state index in [4.69, 9.17) is 16.3 Å². The van der Waals surface area contributed by atoms with Crippen molar-refractivity contribution in [3.8, 4) is 0 Å². The van der Waals surface area contributed by atoms with E-state index in [1.165, 1.54) is 13.4 Å². The summed E-state index contributed by atoms with van der Waals surface area (Å²) in [6.45, 7) is 0. The number of benzene rings is 2. The SMILES string of the molecule is COC(C=O)c1cc2[nH]cnc2c(F)c1Nc1ccc(Br)cc1Cl. The number of aromatic nitrogens is 2. The fourth-order valence-corrected chi connectivity index (χ4v) is 3.12. The molecule has 3 rings (SSSR count). The number of nitrogens with zero attached hydrogens (tertiary/aromatic N) is 1. The third-order valence-electron chi connectivity index (χ3n) is 3.56. The van der Waals surface area contributed by atoms with Gasteiger partial charge >= 0.3 is 0 Å². The van der Waals surface area contributed by atoms with Crippen LogP contribution in [0.3, 0.4) is 0 Å². The van der Waals surface area contributed by atoms with Crippen LogP contribution in [0.4, 0.5) is 15.8 Å². The standard InChI is InChI=1S/C16H12BrClFN3O2/c1-24-13(6-23)9-5-12-16(21-7-20-12)14(19)15(9)22-11-3-2-8(17)4-10(11)18/h2-7,13,22H,1H3,(H,20,21). The van der Waals surface area contributed by atoms with E-state index < -0.39 is 11.9 Å². The zero-order chi connectivity index (χ0) is 17.3. The Bertz CT molecular complexity index is 916. The van der Waals surface area contributed by atoms with Crippen LogP contribution in [-0.2, 0) is 9.53 Å². The molecular weight excluding hydrogens is 401 g/mol. The molecule has 24 heavy (non-hydrogen) atoms. The van der Waals surface area contributed by atoms with Crippen LogP contribution in [0, 0.1) is 5.82 Å². The monoisotopic (exact) mass is 411 g/mol. The van der Waals surface area contributed by atoms with Crippen LogP contribution < -0.4 is 5.32 Å². The van der Waals surface area contributed by atoms with Crippen LogP contribution >= 0.6 is 27.5 Å². The number of methoxy groups -OCH3 is 1. The lowest BCUT2D eigenvalue weighted by Gasteiger charge is -2.18. The second-order valence-corrected chi connectivity index (χ2v) is 6.32. The van der Waals surface area contributed by atoms with Gasteiger partial charge < -0.3 is 19.8 Å². The molecule has 1 heterocycles. The molecule has 124 valence electrons. The van der Waals surface area contributed by atoms with Gasteiger partial charge in [0.05, 0.1) is 28.2 Å². The lowest BCUT2D eigenvalue weighted by Crippen LogP contribution is -2.08. The molecule has 3 aromatic rings. The summed E-state index contributed by atoms with van der Waals surface area (Å²) >= 11 is 9.51. The molecule has 0 aliphatic rings. The summed E-state index contributed by atoms with van der Waals surface area (Å²) < 4.78 is 20.9. The first-order valence-corrected chi connectivity index (χ1v) is 8.08. The second kappa shape index (κ2) is 6.88. The molecule has 0 spiro atoms. The first-order chi connectivity index (χ1) is 11.5. The number of nitrogens with one attached hydrogen (secondary N) is 2. The molecule has 0 amide bonds. The molecule has 0 aliphatic heterocycles. The summed E-state index contributed by atoms with van der Waals surface area (Å²) in [7, 11) is 1.38. The highest BCUT2D eigenvalue weighted by atomic mass is 79.9. The summed E-state index contributed by atoms with van der Waals surface area (Å²) in [4.78, 5) is 18.1. The Morgan fingerprint density at radius 1 is 1.46 bits per heavy atom. The minimum atomic E-state index is -0.927. The number of aromatic amines is 1. The maximum absolute atomic E-state index is 14.9. The molecule has 1 atom stereocenters. The summed E-state index contributed by atoms with van der Waals surface area (Å²) in [6, 6.07) is 6.78. The van der Waals surface area contributed by atoms with E-state index in [9.17, 15) is 9.18 Å². The highest BCUT2D eigenvalue weighted by Gasteiger charge is 2.22. The molecule has 8 heteroatoms. The fourth-order valence-electron chi connectivity index (χ4n) is 2.39. The Hall–Kier alpha value is -1.96. The molecule has 5 nitrogen and oxygen atoms in total. The Morgan fingerprint density at radius 3 is 2.92 bits per heavy atom. The zero-order valence-corrected chi connectivity index (χ0v) is 14.8. The van der Waals surface area contributed by atoms with E-state index in [1.807, 2.05) is 0 Å². The number of hydrogen-bond acceptors (Lipinski definition) is 4. The highest BCUT2D eigenvalue weighted by Crippen LogP contribution is 2.36. The van der Waals surface area contributed by atoms with Gasteiger partial charge in [-0.1, -0.05) is 27.5 Å². The van der Waals surface area contributed by atoms with Crippen molar-refractivity contribution in [2.75, 3.05) is 12.4 Å². The van der Waals surface area contributed by atoms with Gasteiger partial charge in [0, 0.05) is 17.1 Å². The van der Waals surface area contributed by atoms with E-state index in [1.54, 1.807) is 24.3 Å². The van der Waals surface area contributed by atoms with E-state index >= 15 is 0 Å². The Balaban J connectivity index is 2.18. The normalized spacial score (nSPS) is 12.3. The molecule has 0 fully saturated rings. The number of ether oxygens (including phenoxy) is 1. The van der Waals surface area contributed by atoms with Crippen molar-refractivity contribution in [2.45, 2.75) is 6.10 Å². The molecule has 0 bridgehead atoms. The zero-order valence-electron chi connectivity index (χ0n) is 12.4. The predicted molar refractivity (Wildman–Crippen MR) is 94.3 cm³/mol. The number of hydrogen-bond donors (Lipinski definition) is 2. The minimum absolute atomic E-state index is 0.0952.